The van der Waals surface area contributed by atoms with E-state index in [-0.39, 0.29) is 6.04 Å². The molecular formula is C14H21N5OS. The van der Waals surface area contributed by atoms with Crippen molar-refractivity contribution >= 4 is 16.5 Å². The molecule has 1 atom stereocenters. The Morgan fingerprint density at radius 1 is 1.19 bits per heavy atom. The number of hydrogen-bond donors (Lipinski definition) is 0. The van der Waals surface area contributed by atoms with Crippen molar-refractivity contribution in [3.05, 3.63) is 22.9 Å². The van der Waals surface area contributed by atoms with Gasteiger partial charge >= 0.3 is 0 Å². The zero-order chi connectivity index (χ0) is 14.8. The molecule has 0 spiro atoms. The lowest BCUT2D eigenvalue weighted by atomic mass is 10.2. The lowest BCUT2D eigenvalue weighted by molar-refractivity contribution is 0.194. The highest BCUT2D eigenvalue weighted by atomic mass is 32.1. The lowest BCUT2D eigenvalue weighted by Crippen LogP contribution is -2.32. The van der Waals surface area contributed by atoms with E-state index in [0.29, 0.717) is 11.8 Å². The van der Waals surface area contributed by atoms with Crippen LogP contribution in [-0.2, 0) is 0 Å². The van der Waals surface area contributed by atoms with Gasteiger partial charge < -0.3 is 9.32 Å². The number of rotatable bonds is 3. The van der Waals surface area contributed by atoms with Crippen molar-refractivity contribution < 1.29 is 4.42 Å². The van der Waals surface area contributed by atoms with Gasteiger partial charge in [-0.15, -0.1) is 21.5 Å². The summed E-state index contributed by atoms with van der Waals surface area (Å²) in [5.74, 6) is 1.35. The molecule has 114 valence electrons. The fraction of sp³-hybridized carbons (Fsp3) is 0.643. The quantitative estimate of drug-likeness (QED) is 0.868. The van der Waals surface area contributed by atoms with E-state index in [0.717, 1.165) is 43.4 Å². The standard InChI is InChI=1S/C14H21N5OS/c1-10-9-21-14(15-10)19-6-4-5-18(7-8-19)11(2)13-17-16-12(3)20-13/h9,11H,4-8H2,1-3H3/t11-/m0/s1. The SMILES string of the molecule is Cc1csc(N2CCCN([C@@H](C)c3nnc(C)o3)CC2)n1. The number of anilines is 1. The first-order chi connectivity index (χ1) is 10.1. The second-order valence-electron chi connectivity index (χ2n) is 5.48. The summed E-state index contributed by atoms with van der Waals surface area (Å²) in [5, 5.41) is 11.3. The van der Waals surface area contributed by atoms with Gasteiger partial charge in [0.2, 0.25) is 11.8 Å². The van der Waals surface area contributed by atoms with Gasteiger partial charge in [-0.3, -0.25) is 4.90 Å². The fourth-order valence-electron chi connectivity index (χ4n) is 2.64. The summed E-state index contributed by atoms with van der Waals surface area (Å²) in [7, 11) is 0. The molecule has 1 aliphatic heterocycles. The van der Waals surface area contributed by atoms with Crippen LogP contribution in [0.5, 0.6) is 0 Å². The van der Waals surface area contributed by atoms with Crippen LogP contribution in [0.2, 0.25) is 0 Å². The van der Waals surface area contributed by atoms with Gasteiger partial charge in [0.1, 0.15) is 0 Å². The van der Waals surface area contributed by atoms with Gasteiger partial charge in [0, 0.05) is 38.5 Å². The van der Waals surface area contributed by atoms with Crippen molar-refractivity contribution in [2.45, 2.75) is 33.2 Å². The summed E-state index contributed by atoms with van der Waals surface area (Å²) < 4.78 is 5.57. The molecule has 1 saturated heterocycles. The molecule has 0 N–H and O–H groups in total. The van der Waals surface area contributed by atoms with E-state index in [9.17, 15) is 0 Å². The van der Waals surface area contributed by atoms with Crippen LogP contribution in [0.25, 0.3) is 0 Å². The van der Waals surface area contributed by atoms with Crippen molar-refractivity contribution in [1.82, 2.24) is 20.1 Å². The van der Waals surface area contributed by atoms with Crippen LogP contribution in [-0.4, -0.2) is 46.3 Å². The predicted octanol–water partition coefficient (Wildman–Crippen LogP) is 2.42. The minimum absolute atomic E-state index is 0.171. The molecule has 1 aliphatic rings. The Hall–Kier alpha value is -1.47. The monoisotopic (exact) mass is 307 g/mol. The maximum Gasteiger partial charge on any atom is 0.233 e. The average molecular weight is 307 g/mol. The highest BCUT2D eigenvalue weighted by molar-refractivity contribution is 7.13. The molecule has 6 nitrogen and oxygen atoms in total. The van der Waals surface area contributed by atoms with E-state index >= 15 is 0 Å². The molecule has 0 saturated carbocycles. The van der Waals surface area contributed by atoms with E-state index < -0.39 is 0 Å². The molecule has 3 rings (SSSR count). The van der Waals surface area contributed by atoms with Crippen molar-refractivity contribution in [2.75, 3.05) is 31.1 Å². The molecule has 21 heavy (non-hydrogen) atoms. The van der Waals surface area contributed by atoms with Crippen LogP contribution >= 0.6 is 11.3 Å². The smallest absolute Gasteiger partial charge is 0.233 e. The van der Waals surface area contributed by atoms with Crippen molar-refractivity contribution in [2.24, 2.45) is 0 Å². The maximum atomic E-state index is 5.57. The van der Waals surface area contributed by atoms with E-state index in [1.165, 1.54) is 0 Å². The molecule has 2 aromatic heterocycles. The summed E-state index contributed by atoms with van der Waals surface area (Å²) in [5.41, 5.74) is 1.10. The first-order valence-corrected chi connectivity index (χ1v) is 8.22. The van der Waals surface area contributed by atoms with E-state index in [1.807, 2.05) is 13.8 Å². The number of aryl methyl sites for hydroxylation is 2. The third kappa shape index (κ3) is 3.24. The van der Waals surface area contributed by atoms with Crippen molar-refractivity contribution in [1.29, 1.82) is 0 Å². The molecule has 0 amide bonds. The normalized spacial score (nSPS) is 18.7. The topological polar surface area (TPSA) is 58.3 Å². The van der Waals surface area contributed by atoms with Crippen LogP contribution in [0.3, 0.4) is 0 Å². The molecule has 0 radical (unpaired) electrons. The Balaban J connectivity index is 1.65. The van der Waals surface area contributed by atoms with Gasteiger partial charge in [0.15, 0.2) is 5.13 Å². The third-order valence-electron chi connectivity index (χ3n) is 3.85. The van der Waals surface area contributed by atoms with Crippen molar-refractivity contribution in [3.63, 3.8) is 0 Å². The zero-order valence-corrected chi connectivity index (χ0v) is 13.6. The van der Waals surface area contributed by atoms with Crippen LogP contribution in [0.15, 0.2) is 9.80 Å². The number of hydrogen-bond acceptors (Lipinski definition) is 7. The Labute approximate surface area is 128 Å². The Kier molecular flexibility index (Phi) is 4.21. The summed E-state index contributed by atoms with van der Waals surface area (Å²) >= 11 is 1.73. The Morgan fingerprint density at radius 3 is 2.71 bits per heavy atom. The molecule has 3 heterocycles. The lowest BCUT2D eigenvalue weighted by Gasteiger charge is -2.25. The number of nitrogens with zero attached hydrogens (tertiary/aromatic N) is 5. The molecular weight excluding hydrogens is 286 g/mol. The summed E-state index contributed by atoms with van der Waals surface area (Å²) in [6, 6.07) is 0.171. The summed E-state index contributed by atoms with van der Waals surface area (Å²) in [6.07, 6.45) is 1.12. The first kappa shape index (κ1) is 14.5. The van der Waals surface area contributed by atoms with Crippen molar-refractivity contribution in [3.8, 4) is 0 Å². The summed E-state index contributed by atoms with van der Waals surface area (Å²) in [6.45, 7) is 10.1. The Bertz CT molecular complexity index is 596. The van der Waals surface area contributed by atoms with E-state index in [2.05, 4.69) is 37.3 Å². The molecule has 0 aliphatic carbocycles. The van der Waals surface area contributed by atoms with Crippen LogP contribution in [0.1, 0.15) is 36.9 Å². The van der Waals surface area contributed by atoms with Crippen LogP contribution in [0, 0.1) is 13.8 Å². The zero-order valence-electron chi connectivity index (χ0n) is 12.7. The number of thiazole rings is 1. The van der Waals surface area contributed by atoms with Crippen LogP contribution in [0.4, 0.5) is 5.13 Å². The molecule has 2 aromatic rings. The van der Waals surface area contributed by atoms with Gasteiger partial charge in [-0.1, -0.05) is 0 Å². The average Bonchev–Trinajstić information content (AvgIpc) is 3.00. The highest BCUT2D eigenvalue weighted by Gasteiger charge is 2.24. The minimum atomic E-state index is 0.171. The third-order valence-corrected chi connectivity index (χ3v) is 4.87. The predicted molar refractivity (Wildman–Crippen MR) is 82.7 cm³/mol. The molecule has 0 aromatic carbocycles. The molecule has 1 fully saturated rings. The number of aromatic nitrogens is 3. The van der Waals surface area contributed by atoms with Gasteiger partial charge in [0.25, 0.3) is 0 Å². The largest absolute Gasteiger partial charge is 0.424 e. The highest BCUT2D eigenvalue weighted by Crippen LogP contribution is 2.24. The fourth-order valence-corrected chi connectivity index (χ4v) is 3.50. The van der Waals surface area contributed by atoms with Gasteiger partial charge in [-0.05, 0) is 20.3 Å². The first-order valence-electron chi connectivity index (χ1n) is 7.34. The van der Waals surface area contributed by atoms with Crippen LogP contribution < -0.4 is 4.90 Å². The van der Waals surface area contributed by atoms with E-state index in [4.69, 9.17) is 4.42 Å². The van der Waals surface area contributed by atoms with Gasteiger partial charge in [-0.25, -0.2) is 4.98 Å². The van der Waals surface area contributed by atoms with Gasteiger partial charge in [0.05, 0.1) is 11.7 Å². The summed E-state index contributed by atoms with van der Waals surface area (Å²) in [4.78, 5) is 9.38. The maximum absolute atomic E-state index is 5.57. The second kappa shape index (κ2) is 6.11. The molecule has 0 bridgehead atoms. The van der Waals surface area contributed by atoms with E-state index in [1.54, 1.807) is 11.3 Å². The Morgan fingerprint density at radius 2 is 2.05 bits per heavy atom. The molecule has 0 unspecified atom stereocenters. The molecule has 7 heteroatoms. The van der Waals surface area contributed by atoms with Gasteiger partial charge in [-0.2, -0.15) is 0 Å². The minimum Gasteiger partial charge on any atom is -0.424 e. The second-order valence-corrected chi connectivity index (χ2v) is 6.32.